The van der Waals surface area contributed by atoms with Crippen LogP contribution in [-0.4, -0.2) is 35.0 Å². The zero-order valence-electron chi connectivity index (χ0n) is 9.43. The summed E-state index contributed by atoms with van der Waals surface area (Å²) in [5.74, 6) is 0.860. The van der Waals surface area contributed by atoms with Gasteiger partial charge in [-0.1, -0.05) is 13.0 Å². The number of hydrogen-bond donors (Lipinski definition) is 0. The van der Waals surface area contributed by atoms with E-state index in [4.69, 9.17) is 4.74 Å². The molecule has 1 aliphatic rings. The molecule has 0 saturated carbocycles. The van der Waals surface area contributed by atoms with Gasteiger partial charge in [-0.05, 0) is 12.5 Å². The molecule has 0 bridgehead atoms. The van der Waals surface area contributed by atoms with Crippen molar-refractivity contribution in [1.29, 1.82) is 0 Å². The minimum atomic E-state index is 0.107. The van der Waals surface area contributed by atoms with Crippen LogP contribution in [0, 0.1) is 0 Å². The number of rotatable bonds is 4. The summed E-state index contributed by atoms with van der Waals surface area (Å²) in [4.78, 5) is 17.4. The zero-order chi connectivity index (χ0) is 11.4. The van der Waals surface area contributed by atoms with E-state index in [0.29, 0.717) is 25.4 Å². The van der Waals surface area contributed by atoms with Crippen LogP contribution in [0.2, 0.25) is 0 Å². The second kappa shape index (κ2) is 4.96. The first-order chi connectivity index (χ1) is 7.79. The van der Waals surface area contributed by atoms with Gasteiger partial charge in [0.05, 0.1) is 13.1 Å². The Hall–Kier alpha value is -1.58. The summed E-state index contributed by atoms with van der Waals surface area (Å²) in [6.07, 6.45) is 3.35. The largest absolute Gasteiger partial charge is 0.471 e. The molecular weight excluding hydrogens is 204 g/mol. The number of carbonyl (C=O) groups excluding carboxylic acids is 1. The van der Waals surface area contributed by atoms with Crippen LogP contribution in [0.15, 0.2) is 24.4 Å². The Morgan fingerprint density at radius 1 is 1.56 bits per heavy atom. The van der Waals surface area contributed by atoms with Crippen LogP contribution in [-0.2, 0) is 4.79 Å². The summed E-state index contributed by atoms with van der Waals surface area (Å²) in [6, 6.07) is 5.57. The molecule has 4 heteroatoms. The van der Waals surface area contributed by atoms with Gasteiger partial charge >= 0.3 is 0 Å². The van der Waals surface area contributed by atoms with Crippen LogP contribution in [0.25, 0.3) is 0 Å². The van der Waals surface area contributed by atoms with Crippen LogP contribution in [0.4, 0.5) is 0 Å². The first-order valence-electron chi connectivity index (χ1n) is 5.65. The van der Waals surface area contributed by atoms with Crippen LogP contribution in [0.3, 0.4) is 0 Å². The molecule has 1 aliphatic heterocycles. The topological polar surface area (TPSA) is 42.4 Å². The van der Waals surface area contributed by atoms with E-state index < -0.39 is 0 Å². The number of amides is 1. The molecule has 1 saturated heterocycles. The molecule has 1 aromatic rings. The molecule has 0 aliphatic carbocycles. The van der Waals surface area contributed by atoms with Crippen molar-refractivity contribution < 1.29 is 9.53 Å². The molecule has 0 atom stereocenters. The second-order valence-electron chi connectivity index (χ2n) is 3.96. The molecule has 0 unspecified atom stereocenters. The minimum absolute atomic E-state index is 0.107. The summed E-state index contributed by atoms with van der Waals surface area (Å²) in [5.41, 5.74) is 0. The van der Waals surface area contributed by atoms with Crippen molar-refractivity contribution >= 4 is 5.91 Å². The number of carbonyl (C=O) groups is 1. The lowest BCUT2D eigenvalue weighted by molar-refractivity contribution is -0.140. The van der Waals surface area contributed by atoms with Gasteiger partial charge in [-0.2, -0.15) is 0 Å². The molecule has 86 valence electrons. The predicted octanol–water partition coefficient (Wildman–Crippen LogP) is 1.47. The first kappa shape index (κ1) is 10.9. The Balaban J connectivity index is 1.75. The molecular formula is C12H16N2O2. The van der Waals surface area contributed by atoms with E-state index in [-0.39, 0.29) is 12.0 Å². The average Bonchev–Trinajstić information content (AvgIpc) is 2.24. The van der Waals surface area contributed by atoms with Gasteiger partial charge in [-0.3, -0.25) is 4.79 Å². The van der Waals surface area contributed by atoms with Gasteiger partial charge in [0, 0.05) is 18.7 Å². The molecule has 0 N–H and O–H groups in total. The highest BCUT2D eigenvalue weighted by atomic mass is 16.5. The molecule has 4 nitrogen and oxygen atoms in total. The SMILES string of the molecule is CCCC(=O)N1CC(Oc2ccccn2)C1. The Bertz CT molecular complexity index is 347. The fourth-order valence-electron chi connectivity index (χ4n) is 1.68. The smallest absolute Gasteiger partial charge is 0.222 e. The normalized spacial score (nSPS) is 15.7. The standard InChI is InChI=1S/C12H16N2O2/c1-2-5-12(15)14-8-10(9-14)16-11-6-3-4-7-13-11/h3-4,6-7,10H,2,5,8-9H2,1H3. The van der Waals surface area contributed by atoms with Crippen molar-refractivity contribution in [3.63, 3.8) is 0 Å². The van der Waals surface area contributed by atoms with Crippen LogP contribution < -0.4 is 4.74 Å². The summed E-state index contributed by atoms with van der Waals surface area (Å²) in [5, 5.41) is 0. The van der Waals surface area contributed by atoms with E-state index in [0.717, 1.165) is 6.42 Å². The molecule has 2 heterocycles. The quantitative estimate of drug-likeness (QED) is 0.771. The van der Waals surface area contributed by atoms with E-state index >= 15 is 0 Å². The summed E-state index contributed by atoms with van der Waals surface area (Å²) < 4.78 is 5.60. The van der Waals surface area contributed by atoms with Gasteiger partial charge < -0.3 is 9.64 Å². The number of likely N-dealkylation sites (tertiary alicyclic amines) is 1. The lowest BCUT2D eigenvalue weighted by Crippen LogP contribution is -2.56. The maximum Gasteiger partial charge on any atom is 0.222 e. The van der Waals surface area contributed by atoms with Crippen molar-refractivity contribution in [3.05, 3.63) is 24.4 Å². The summed E-state index contributed by atoms with van der Waals surface area (Å²) in [6.45, 7) is 3.39. The number of pyridine rings is 1. The summed E-state index contributed by atoms with van der Waals surface area (Å²) >= 11 is 0. The fraction of sp³-hybridized carbons (Fsp3) is 0.500. The molecule has 16 heavy (non-hydrogen) atoms. The molecule has 2 rings (SSSR count). The highest BCUT2D eigenvalue weighted by Crippen LogP contribution is 2.16. The second-order valence-corrected chi connectivity index (χ2v) is 3.96. The third-order valence-corrected chi connectivity index (χ3v) is 2.59. The van der Waals surface area contributed by atoms with Gasteiger partial charge in [-0.15, -0.1) is 0 Å². The van der Waals surface area contributed by atoms with Crippen molar-refractivity contribution in [2.75, 3.05) is 13.1 Å². The maximum atomic E-state index is 11.5. The maximum absolute atomic E-state index is 11.5. The van der Waals surface area contributed by atoms with E-state index in [2.05, 4.69) is 4.98 Å². The fourth-order valence-corrected chi connectivity index (χ4v) is 1.68. The third-order valence-electron chi connectivity index (χ3n) is 2.59. The van der Waals surface area contributed by atoms with Crippen molar-refractivity contribution in [2.24, 2.45) is 0 Å². The van der Waals surface area contributed by atoms with E-state index in [1.54, 1.807) is 6.20 Å². The minimum Gasteiger partial charge on any atom is -0.471 e. The highest BCUT2D eigenvalue weighted by molar-refractivity contribution is 5.77. The molecule has 1 aromatic heterocycles. The summed E-state index contributed by atoms with van der Waals surface area (Å²) in [7, 11) is 0. The van der Waals surface area contributed by atoms with Gasteiger partial charge in [-0.25, -0.2) is 4.98 Å². The molecule has 0 radical (unpaired) electrons. The zero-order valence-corrected chi connectivity index (χ0v) is 9.43. The Kier molecular flexibility index (Phi) is 3.39. The average molecular weight is 220 g/mol. The molecule has 0 aromatic carbocycles. The van der Waals surface area contributed by atoms with Gasteiger partial charge in [0.15, 0.2) is 0 Å². The van der Waals surface area contributed by atoms with Gasteiger partial charge in [0.25, 0.3) is 0 Å². The van der Waals surface area contributed by atoms with Crippen molar-refractivity contribution in [1.82, 2.24) is 9.88 Å². The lowest BCUT2D eigenvalue weighted by Gasteiger charge is -2.38. The van der Waals surface area contributed by atoms with Crippen LogP contribution in [0.5, 0.6) is 5.88 Å². The molecule has 1 amide bonds. The van der Waals surface area contributed by atoms with E-state index in [9.17, 15) is 4.79 Å². The lowest BCUT2D eigenvalue weighted by atomic mass is 10.1. The van der Waals surface area contributed by atoms with E-state index in [1.165, 1.54) is 0 Å². The van der Waals surface area contributed by atoms with E-state index in [1.807, 2.05) is 30.0 Å². The predicted molar refractivity (Wildman–Crippen MR) is 60.1 cm³/mol. The number of aromatic nitrogens is 1. The van der Waals surface area contributed by atoms with Gasteiger partial charge in [0.1, 0.15) is 6.10 Å². The van der Waals surface area contributed by atoms with Crippen molar-refractivity contribution in [2.45, 2.75) is 25.9 Å². The van der Waals surface area contributed by atoms with Crippen molar-refractivity contribution in [3.8, 4) is 5.88 Å². The van der Waals surface area contributed by atoms with Crippen LogP contribution >= 0.6 is 0 Å². The number of hydrogen-bond acceptors (Lipinski definition) is 3. The highest BCUT2D eigenvalue weighted by Gasteiger charge is 2.31. The third kappa shape index (κ3) is 2.51. The number of ether oxygens (including phenoxy) is 1. The van der Waals surface area contributed by atoms with Crippen LogP contribution in [0.1, 0.15) is 19.8 Å². The molecule has 1 fully saturated rings. The Labute approximate surface area is 95.2 Å². The van der Waals surface area contributed by atoms with Gasteiger partial charge in [0.2, 0.25) is 11.8 Å². The monoisotopic (exact) mass is 220 g/mol. The first-order valence-corrected chi connectivity index (χ1v) is 5.65. The number of nitrogens with zero attached hydrogens (tertiary/aromatic N) is 2. The Morgan fingerprint density at radius 3 is 3.00 bits per heavy atom. The molecule has 0 spiro atoms. The Morgan fingerprint density at radius 2 is 2.38 bits per heavy atom.